The largest absolute Gasteiger partial charge is 0.493 e. The van der Waals surface area contributed by atoms with E-state index in [1.165, 1.54) is 0 Å². The number of carbonyl (C=O) groups is 1. The third kappa shape index (κ3) is 7.54. The Kier molecular flexibility index (Phi) is 9.15. The van der Waals surface area contributed by atoms with Gasteiger partial charge in [0.15, 0.2) is 18.1 Å². The van der Waals surface area contributed by atoms with Crippen molar-refractivity contribution >= 4 is 11.6 Å². The summed E-state index contributed by atoms with van der Waals surface area (Å²) in [6.45, 7) is 8.23. The highest BCUT2D eigenvalue weighted by atomic mass is 16.5. The smallest absolute Gasteiger partial charge is 0.262 e. The number of nitrogens with one attached hydrogen (secondary N) is 2. The van der Waals surface area contributed by atoms with Gasteiger partial charge in [0.1, 0.15) is 0 Å². The number of hydrogen-bond donors (Lipinski definition) is 2. The van der Waals surface area contributed by atoms with Crippen molar-refractivity contribution in [1.29, 1.82) is 0 Å². The van der Waals surface area contributed by atoms with Gasteiger partial charge < -0.3 is 24.8 Å². The number of para-hydroxylation sites is 1. The lowest BCUT2D eigenvalue weighted by atomic mass is 10.2. The SMILES string of the molecule is COc1cccc(CNCCCN2CCOCC2)c1OCC(=O)Nc1ccc(C)cc1. The van der Waals surface area contributed by atoms with Gasteiger partial charge in [-0.1, -0.05) is 29.8 Å². The van der Waals surface area contributed by atoms with E-state index < -0.39 is 0 Å². The summed E-state index contributed by atoms with van der Waals surface area (Å²) in [5, 5.41) is 6.33. The summed E-state index contributed by atoms with van der Waals surface area (Å²) in [6, 6.07) is 13.4. The summed E-state index contributed by atoms with van der Waals surface area (Å²) in [5.74, 6) is 1.01. The molecular weight excluding hydrogens is 394 g/mol. The fraction of sp³-hybridized carbons (Fsp3) is 0.458. The third-order valence-corrected chi connectivity index (χ3v) is 5.21. The number of carbonyl (C=O) groups excluding carboxylic acids is 1. The third-order valence-electron chi connectivity index (χ3n) is 5.21. The molecule has 31 heavy (non-hydrogen) atoms. The molecule has 0 spiro atoms. The number of nitrogens with zero attached hydrogens (tertiary/aromatic N) is 1. The van der Waals surface area contributed by atoms with Gasteiger partial charge in [-0.2, -0.15) is 0 Å². The van der Waals surface area contributed by atoms with Crippen LogP contribution in [-0.4, -0.2) is 63.9 Å². The van der Waals surface area contributed by atoms with Gasteiger partial charge in [-0.05, 0) is 44.6 Å². The highest BCUT2D eigenvalue weighted by Gasteiger charge is 2.13. The van der Waals surface area contributed by atoms with Gasteiger partial charge in [-0.25, -0.2) is 0 Å². The Morgan fingerprint density at radius 3 is 2.65 bits per heavy atom. The van der Waals surface area contributed by atoms with Gasteiger partial charge in [-0.15, -0.1) is 0 Å². The first kappa shape index (κ1) is 23.1. The quantitative estimate of drug-likeness (QED) is 0.538. The van der Waals surface area contributed by atoms with E-state index in [-0.39, 0.29) is 12.5 Å². The molecule has 0 bridgehead atoms. The average Bonchev–Trinajstić information content (AvgIpc) is 2.80. The Morgan fingerprint density at radius 2 is 1.90 bits per heavy atom. The number of benzene rings is 2. The molecule has 1 aliphatic rings. The number of ether oxygens (including phenoxy) is 3. The van der Waals surface area contributed by atoms with Crippen LogP contribution in [0.2, 0.25) is 0 Å². The van der Waals surface area contributed by atoms with Gasteiger partial charge >= 0.3 is 0 Å². The lowest BCUT2D eigenvalue weighted by Gasteiger charge is -2.26. The second-order valence-corrected chi connectivity index (χ2v) is 7.64. The van der Waals surface area contributed by atoms with E-state index in [0.717, 1.165) is 62.6 Å². The molecule has 168 valence electrons. The molecule has 0 aromatic heterocycles. The van der Waals surface area contributed by atoms with Crippen LogP contribution in [0.1, 0.15) is 17.5 Å². The summed E-state index contributed by atoms with van der Waals surface area (Å²) in [7, 11) is 1.61. The molecule has 2 aromatic rings. The van der Waals surface area contributed by atoms with E-state index in [1.807, 2.05) is 49.4 Å². The van der Waals surface area contributed by atoms with Crippen LogP contribution in [0, 0.1) is 6.92 Å². The molecule has 1 heterocycles. The first-order valence-electron chi connectivity index (χ1n) is 10.8. The fourth-order valence-corrected chi connectivity index (χ4v) is 3.47. The standard InChI is InChI=1S/C24H33N3O4/c1-19-7-9-21(10-8-19)26-23(28)18-31-24-20(5-3-6-22(24)29-2)17-25-11-4-12-27-13-15-30-16-14-27/h3,5-10,25H,4,11-18H2,1-2H3,(H,26,28). The van der Waals surface area contributed by atoms with Crippen molar-refractivity contribution < 1.29 is 19.0 Å². The van der Waals surface area contributed by atoms with Crippen molar-refractivity contribution in [3.63, 3.8) is 0 Å². The predicted octanol–water partition coefficient (Wildman–Crippen LogP) is 2.83. The molecule has 1 amide bonds. The first-order valence-corrected chi connectivity index (χ1v) is 10.8. The normalized spacial score (nSPS) is 14.3. The van der Waals surface area contributed by atoms with Crippen LogP contribution in [0.25, 0.3) is 0 Å². The summed E-state index contributed by atoms with van der Waals surface area (Å²) in [6.07, 6.45) is 1.07. The Morgan fingerprint density at radius 1 is 1.13 bits per heavy atom. The number of rotatable bonds is 11. The van der Waals surface area contributed by atoms with Crippen molar-refractivity contribution in [3.05, 3.63) is 53.6 Å². The molecule has 0 radical (unpaired) electrons. The number of aryl methyl sites for hydroxylation is 1. The molecule has 0 unspecified atom stereocenters. The average molecular weight is 428 g/mol. The number of methoxy groups -OCH3 is 1. The maximum Gasteiger partial charge on any atom is 0.262 e. The summed E-state index contributed by atoms with van der Waals surface area (Å²) >= 11 is 0. The van der Waals surface area contributed by atoms with Crippen LogP contribution >= 0.6 is 0 Å². The minimum Gasteiger partial charge on any atom is -0.493 e. The summed E-state index contributed by atoms with van der Waals surface area (Å²) in [5.41, 5.74) is 2.86. The van der Waals surface area contributed by atoms with Crippen LogP contribution in [0.4, 0.5) is 5.69 Å². The summed E-state index contributed by atoms with van der Waals surface area (Å²) in [4.78, 5) is 14.8. The molecule has 7 nitrogen and oxygen atoms in total. The monoisotopic (exact) mass is 427 g/mol. The molecule has 1 aliphatic heterocycles. The zero-order valence-corrected chi connectivity index (χ0v) is 18.5. The van der Waals surface area contributed by atoms with Crippen molar-refractivity contribution in [3.8, 4) is 11.5 Å². The van der Waals surface area contributed by atoms with Crippen LogP contribution in [0.15, 0.2) is 42.5 Å². The van der Waals surface area contributed by atoms with Crippen molar-refractivity contribution in [1.82, 2.24) is 10.2 Å². The molecule has 3 rings (SSSR count). The first-order chi connectivity index (χ1) is 15.2. The Bertz CT molecular complexity index is 820. The molecule has 1 saturated heterocycles. The number of amides is 1. The van der Waals surface area contributed by atoms with E-state index in [2.05, 4.69) is 15.5 Å². The number of hydrogen-bond acceptors (Lipinski definition) is 6. The molecule has 0 saturated carbocycles. The van der Waals surface area contributed by atoms with Crippen molar-refractivity contribution in [2.45, 2.75) is 19.9 Å². The Hall–Kier alpha value is -2.61. The van der Waals surface area contributed by atoms with E-state index in [4.69, 9.17) is 14.2 Å². The van der Waals surface area contributed by atoms with Crippen LogP contribution in [0.3, 0.4) is 0 Å². The lowest BCUT2D eigenvalue weighted by Crippen LogP contribution is -2.37. The van der Waals surface area contributed by atoms with Gasteiger partial charge in [-0.3, -0.25) is 9.69 Å². The van der Waals surface area contributed by atoms with Crippen molar-refractivity contribution in [2.75, 3.05) is 58.4 Å². The molecule has 2 N–H and O–H groups in total. The number of anilines is 1. The zero-order chi connectivity index (χ0) is 21.9. The Balaban J connectivity index is 1.48. The Labute approximate surface area is 184 Å². The molecular formula is C24H33N3O4. The molecule has 1 fully saturated rings. The van der Waals surface area contributed by atoms with Gasteiger partial charge in [0, 0.05) is 30.9 Å². The van der Waals surface area contributed by atoms with E-state index in [0.29, 0.717) is 18.0 Å². The van der Waals surface area contributed by atoms with Crippen LogP contribution < -0.4 is 20.1 Å². The van der Waals surface area contributed by atoms with E-state index in [9.17, 15) is 4.79 Å². The summed E-state index contributed by atoms with van der Waals surface area (Å²) < 4.78 is 16.7. The van der Waals surface area contributed by atoms with Crippen LogP contribution in [0.5, 0.6) is 11.5 Å². The topological polar surface area (TPSA) is 72.1 Å². The minimum atomic E-state index is -0.209. The maximum absolute atomic E-state index is 12.3. The second-order valence-electron chi connectivity index (χ2n) is 7.64. The minimum absolute atomic E-state index is 0.0850. The van der Waals surface area contributed by atoms with Crippen molar-refractivity contribution in [2.24, 2.45) is 0 Å². The molecule has 2 aromatic carbocycles. The van der Waals surface area contributed by atoms with E-state index in [1.54, 1.807) is 7.11 Å². The van der Waals surface area contributed by atoms with Gasteiger partial charge in [0.05, 0.1) is 20.3 Å². The van der Waals surface area contributed by atoms with Gasteiger partial charge in [0.25, 0.3) is 5.91 Å². The molecule has 0 atom stereocenters. The zero-order valence-electron chi connectivity index (χ0n) is 18.5. The van der Waals surface area contributed by atoms with E-state index >= 15 is 0 Å². The van der Waals surface area contributed by atoms with Crippen LogP contribution in [-0.2, 0) is 16.1 Å². The van der Waals surface area contributed by atoms with Gasteiger partial charge in [0.2, 0.25) is 0 Å². The highest BCUT2D eigenvalue weighted by Crippen LogP contribution is 2.31. The highest BCUT2D eigenvalue weighted by molar-refractivity contribution is 5.91. The predicted molar refractivity (Wildman–Crippen MR) is 122 cm³/mol. The molecule has 0 aliphatic carbocycles. The lowest BCUT2D eigenvalue weighted by molar-refractivity contribution is -0.118. The maximum atomic E-state index is 12.3. The number of morpholine rings is 1. The fourth-order valence-electron chi connectivity index (χ4n) is 3.47. The second kappa shape index (κ2) is 12.3. The molecule has 7 heteroatoms.